The van der Waals surface area contributed by atoms with E-state index in [9.17, 15) is 18.0 Å². The Morgan fingerprint density at radius 2 is 2.00 bits per heavy atom. The second kappa shape index (κ2) is 9.70. The first-order valence-corrected chi connectivity index (χ1v) is 10.8. The van der Waals surface area contributed by atoms with Crippen LogP contribution in [0.1, 0.15) is 25.3 Å². The van der Waals surface area contributed by atoms with Crippen LogP contribution in [0.5, 0.6) is 0 Å². The van der Waals surface area contributed by atoms with Gasteiger partial charge in [0.25, 0.3) is 0 Å². The first-order chi connectivity index (χ1) is 12.7. The summed E-state index contributed by atoms with van der Waals surface area (Å²) >= 11 is 0. The Bertz CT molecular complexity index is 739. The number of carbonyl (C=O) groups excluding carboxylic acids is 2. The molecule has 2 atom stereocenters. The highest BCUT2D eigenvalue weighted by Gasteiger charge is 2.28. The monoisotopic (exact) mass is 397 g/mol. The maximum atomic E-state index is 12.6. The van der Waals surface area contributed by atoms with Crippen LogP contribution in [0.15, 0.2) is 30.3 Å². The highest BCUT2D eigenvalue weighted by molar-refractivity contribution is 7.88. The number of rotatable bonds is 7. The number of hydrogen-bond donors (Lipinski definition) is 2. The first-order valence-electron chi connectivity index (χ1n) is 8.95. The van der Waals surface area contributed by atoms with Crippen molar-refractivity contribution in [3.8, 4) is 0 Å². The molecule has 0 aliphatic carbocycles. The van der Waals surface area contributed by atoms with E-state index in [2.05, 4.69) is 10.0 Å². The lowest BCUT2D eigenvalue weighted by molar-refractivity contribution is -0.134. The van der Waals surface area contributed by atoms with Gasteiger partial charge in [-0.2, -0.15) is 0 Å². The van der Waals surface area contributed by atoms with Gasteiger partial charge in [0.05, 0.1) is 6.26 Å². The molecule has 1 heterocycles. The molecule has 1 aliphatic heterocycles. The number of carbonyl (C=O) groups is 2. The number of nitrogens with zero attached hydrogens (tertiary/aromatic N) is 1. The Morgan fingerprint density at radius 3 is 2.67 bits per heavy atom. The van der Waals surface area contributed by atoms with Gasteiger partial charge in [0.2, 0.25) is 15.9 Å². The number of alkyl carbamates (subject to hydrolysis) is 1. The highest BCUT2D eigenvalue weighted by atomic mass is 32.2. The molecule has 0 radical (unpaired) electrons. The fourth-order valence-electron chi connectivity index (χ4n) is 2.98. The summed E-state index contributed by atoms with van der Waals surface area (Å²) < 4.78 is 30.1. The molecule has 1 fully saturated rings. The molecule has 8 nitrogen and oxygen atoms in total. The Hall–Kier alpha value is -2.13. The van der Waals surface area contributed by atoms with E-state index in [0.29, 0.717) is 19.6 Å². The smallest absolute Gasteiger partial charge is 0.408 e. The molecular formula is C18H27N3O5S. The van der Waals surface area contributed by atoms with Gasteiger partial charge in [-0.15, -0.1) is 0 Å². The number of ether oxygens (including phenoxy) is 1. The quantitative estimate of drug-likeness (QED) is 0.717. The molecule has 0 saturated carbocycles. The van der Waals surface area contributed by atoms with E-state index < -0.39 is 22.2 Å². The average Bonchev–Trinajstić information content (AvgIpc) is 2.64. The van der Waals surface area contributed by atoms with Crippen LogP contribution in [0.2, 0.25) is 0 Å². The summed E-state index contributed by atoms with van der Waals surface area (Å²) in [6, 6.07) is 8.57. The molecule has 1 aromatic rings. The predicted molar refractivity (Wildman–Crippen MR) is 101 cm³/mol. The van der Waals surface area contributed by atoms with Crippen LogP contribution >= 0.6 is 0 Å². The summed E-state index contributed by atoms with van der Waals surface area (Å²) in [6.07, 6.45) is 2.12. The zero-order chi connectivity index (χ0) is 19.9. The zero-order valence-electron chi connectivity index (χ0n) is 15.7. The van der Waals surface area contributed by atoms with E-state index in [1.165, 1.54) is 0 Å². The second-order valence-electron chi connectivity index (χ2n) is 6.84. The van der Waals surface area contributed by atoms with Crippen molar-refractivity contribution < 1.29 is 22.7 Å². The molecular weight excluding hydrogens is 370 g/mol. The summed E-state index contributed by atoms with van der Waals surface area (Å²) in [6.45, 7) is 3.12. The van der Waals surface area contributed by atoms with Gasteiger partial charge >= 0.3 is 6.09 Å². The Morgan fingerprint density at radius 1 is 1.30 bits per heavy atom. The molecule has 0 bridgehead atoms. The molecule has 0 unspecified atom stereocenters. The highest BCUT2D eigenvalue weighted by Crippen LogP contribution is 2.17. The number of benzene rings is 1. The van der Waals surface area contributed by atoms with Crippen molar-refractivity contribution in [1.82, 2.24) is 14.9 Å². The Kier molecular flexibility index (Phi) is 7.61. The minimum absolute atomic E-state index is 0.0645. The molecule has 1 aliphatic rings. The van der Waals surface area contributed by atoms with Crippen molar-refractivity contribution in [2.24, 2.45) is 5.92 Å². The van der Waals surface area contributed by atoms with Crippen LogP contribution in [0.4, 0.5) is 4.79 Å². The first kappa shape index (κ1) is 21.2. The van der Waals surface area contributed by atoms with Crippen LogP contribution in [0.3, 0.4) is 0 Å². The SMILES string of the molecule is C[C@@H](NC(=O)OCc1ccccc1)C(=O)N1CCC[C@@H](CNS(C)(=O)=O)C1. The molecule has 1 saturated heterocycles. The van der Waals surface area contributed by atoms with Gasteiger partial charge in [0.15, 0.2) is 0 Å². The number of piperidine rings is 1. The van der Waals surface area contributed by atoms with Gasteiger partial charge in [-0.05, 0) is 31.2 Å². The van der Waals surface area contributed by atoms with Crippen LogP contribution in [0, 0.1) is 5.92 Å². The van der Waals surface area contributed by atoms with Gasteiger partial charge in [0.1, 0.15) is 12.6 Å². The number of nitrogens with one attached hydrogen (secondary N) is 2. The average molecular weight is 397 g/mol. The minimum Gasteiger partial charge on any atom is -0.445 e. The molecule has 0 aromatic heterocycles. The van der Waals surface area contributed by atoms with Gasteiger partial charge < -0.3 is 15.0 Å². The lowest BCUT2D eigenvalue weighted by atomic mass is 9.98. The van der Waals surface area contributed by atoms with E-state index in [-0.39, 0.29) is 18.4 Å². The fourth-order valence-corrected chi connectivity index (χ4v) is 3.52. The third-order valence-corrected chi connectivity index (χ3v) is 5.07. The molecule has 9 heteroatoms. The van der Waals surface area contributed by atoms with Crippen molar-refractivity contribution in [3.63, 3.8) is 0 Å². The lowest BCUT2D eigenvalue weighted by Crippen LogP contribution is -2.51. The number of amides is 2. The molecule has 2 rings (SSSR count). The van der Waals surface area contributed by atoms with Crippen LogP contribution in [-0.2, 0) is 26.2 Å². The van der Waals surface area contributed by atoms with E-state index >= 15 is 0 Å². The molecule has 2 N–H and O–H groups in total. The summed E-state index contributed by atoms with van der Waals surface area (Å²) in [5, 5.41) is 2.55. The van der Waals surface area contributed by atoms with Crippen LogP contribution in [-0.4, -0.2) is 57.3 Å². The lowest BCUT2D eigenvalue weighted by Gasteiger charge is -2.34. The Balaban J connectivity index is 1.78. The summed E-state index contributed by atoms with van der Waals surface area (Å²) in [5.41, 5.74) is 0.865. The molecule has 0 spiro atoms. The van der Waals surface area contributed by atoms with Crippen LogP contribution in [0.25, 0.3) is 0 Å². The summed E-state index contributed by atoms with van der Waals surface area (Å²) in [5.74, 6) is -0.134. The van der Waals surface area contributed by atoms with Crippen molar-refractivity contribution in [2.45, 2.75) is 32.4 Å². The predicted octanol–water partition coefficient (Wildman–Crippen LogP) is 1.09. The standard InChI is InChI=1S/C18H27N3O5S/c1-14(20-18(23)26-13-15-7-4-3-5-8-15)17(22)21-10-6-9-16(12-21)11-19-27(2,24)25/h3-5,7-8,14,16,19H,6,9-13H2,1-2H3,(H,20,23)/t14-,16+/m1/s1. The van der Waals surface area contributed by atoms with Crippen molar-refractivity contribution >= 4 is 22.0 Å². The Labute approximate surface area is 160 Å². The van der Waals surface area contributed by atoms with E-state index in [0.717, 1.165) is 24.7 Å². The summed E-state index contributed by atoms with van der Waals surface area (Å²) in [7, 11) is -3.25. The number of likely N-dealkylation sites (tertiary alicyclic amines) is 1. The topological polar surface area (TPSA) is 105 Å². The van der Waals surface area contributed by atoms with E-state index in [1.807, 2.05) is 30.3 Å². The third-order valence-electron chi connectivity index (χ3n) is 4.38. The summed E-state index contributed by atoms with van der Waals surface area (Å²) in [4.78, 5) is 26.1. The number of sulfonamides is 1. The van der Waals surface area contributed by atoms with Crippen molar-refractivity contribution in [2.75, 3.05) is 25.9 Å². The largest absolute Gasteiger partial charge is 0.445 e. The minimum atomic E-state index is -3.25. The molecule has 27 heavy (non-hydrogen) atoms. The van der Waals surface area contributed by atoms with E-state index in [4.69, 9.17) is 4.74 Å². The normalized spacial score (nSPS) is 18.6. The van der Waals surface area contributed by atoms with Gasteiger partial charge in [-0.1, -0.05) is 30.3 Å². The van der Waals surface area contributed by atoms with Crippen molar-refractivity contribution in [3.05, 3.63) is 35.9 Å². The maximum Gasteiger partial charge on any atom is 0.408 e. The second-order valence-corrected chi connectivity index (χ2v) is 8.67. The fraction of sp³-hybridized carbons (Fsp3) is 0.556. The molecule has 2 amide bonds. The van der Waals surface area contributed by atoms with E-state index in [1.54, 1.807) is 11.8 Å². The van der Waals surface area contributed by atoms with Crippen LogP contribution < -0.4 is 10.0 Å². The number of hydrogen-bond acceptors (Lipinski definition) is 5. The van der Waals surface area contributed by atoms with Gasteiger partial charge in [-0.25, -0.2) is 17.9 Å². The maximum absolute atomic E-state index is 12.6. The zero-order valence-corrected chi connectivity index (χ0v) is 16.5. The van der Waals surface area contributed by atoms with Crippen molar-refractivity contribution in [1.29, 1.82) is 0 Å². The van der Waals surface area contributed by atoms with Gasteiger partial charge in [-0.3, -0.25) is 4.79 Å². The van der Waals surface area contributed by atoms with Gasteiger partial charge in [0, 0.05) is 19.6 Å². The molecule has 150 valence electrons. The third kappa shape index (κ3) is 7.56. The molecule has 1 aromatic carbocycles.